The fraction of sp³-hybridized carbons (Fsp3) is 0.222. The third-order valence-corrected chi connectivity index (χ3v) is 1.82. The first-order valence-corrected chi connectivity index (χ1v) is 4.82. The molecule has 1 aromatic carbocycles. The first-order chi connectivity index (χ1) is 7.13. The number of carbonyl (C=O) groups excluding carboxylic acids is 1. The number of nitro groups is 1. The van der Waals surface area contributed by atoms with Crippen LogP contribution in [0.2, 0.25) is 0 Å². The molecule has 0 aliphatic carbocycles. The van der Waals surface area contributed by atoms with E-state index in [0.717, 1.165) is 0 Å². The summed E-state index contributed by atoms with van der Waals surface area (Å²) in [5, 5.41) is 10.3. The maximum atomic E-state index is 11.0. The minimum Gasteiger partial charge on any atom is -0.427 e. The number of ether oxygens (including phenoxy) is 1. The fourth-order valence-electron chi connectivity index (χ4n) is 0.910. The molecule has 80 valence electrons. The minimum atomic E-state index is -0.515. The van der Waals surface area contributed by atoms with Crippen LogP contribution in [0, 0.1) is 10.1 Å². The van der Waals surface area contributed by atoms with Crippen molar-refractivity contribution >= 4 is 24.3 Å². The molecule has 0 amide bonds. The summed E-state index contributed by atoms with van der Waals surface area (Å²) in [6.45, 7) is 0. The molecular formula is C9H9NO4S. The van der Waals surface area contributed by atoms with Crippen molar-refractivity contribution in [2.24, 2.45) is 0 Å². The van der Waals surface area contributed by atoms with Crippen molar-refractivity contribution in [3.05, 3.63) is 34.4 Å². The number of nitro benzene ring substituents is 1. The van der Waals surface area contributed by atoms with Crippen LogP contribution in [0.4, 0.5) is 5.69 Å². The molecule has 0 spiro atoms. The lowest BCUT2D eigenvalue weighted by atomic mass is 10.3. The Labute approximate surface area is 91.6 Å². The summed E-state index contributed by atoms with van der Waals surface area (Å²) in [4.78, 5) is 20.8. The molecule has 0 bridgehead atoms. The second kappa shape index (κ2) is 5.35. The molecule has 0 aliphatic rings. The monoisotopic (exact) mass is 227 g/mol. The van der Waals surface area contributed by atoms with Crippen molar-refractivity contribution in [3.63, 3.8) is 0 Å². The van der Waals surface area contributed by atoms with Gasteiger partial charge in [-0.1, -0.05) is 0 Å². The van der Waals surface area contributed by atoms with Crippen molar-refractivity contribution < 1.29 is 14.5 Å². The van der Waals surface area contributed by atoms with Crippen molar-refractivity contribution in [2.45, 2.75) is 6.42 Å². The molecule has 0 heterocycles. The Kier molecular flexibility index (Phi) is 4.11. The van der Waals surface area contributed by atoms with Gasteiger partial charge in [-0.05, 0) is 12.1 Å². The molecule has 0 radical (unpaired) electrons. The SMILES string of the molecule is O=C(CCS)Oc1ccc([N+](=O)[O-])cc1. The highest BCUT2D eigenvalue weighted by atomic mass is 32.1. The van der Waals surface area contributed by atoms with E-state index in [1.807, 2.05) is 0 Å². The van der Waals surface area contributed by atoms with Crippen molar-refractivity contribution in [2.75, 3.05) is 5.75 Å². The van der Waals surface area contributed by atoms with E-state index < -0.39 is 10.9 Å². The zero-order chi connectivity index (χ0) is 11.3. The zero-order valence-electron chi connectivity index (χ0n) is 7.75. The van der Waals surface area contributed by atoms with E-state index in [1.54, 1.807) is 0 Å². The summed E-state index contributed by atoms with van der Waals surface area (Å²) in [5.41, 5.74) is -0.0380. The maximum absolute atomic E-state index is 11.0. The lowest BCUT2D eigenvalue weighted by Gasteiger charge is -2.01. The smallest absolute Gasteiger partial charge is 0.312 e. The zero-order valence-corrected chi connectivity index (χ0v) is 8.65. The normalized spacial score (nSPS) is 9.67. The van der Waals surface area contributed by atoms with Crippen LogP contribution in [0.15, 0.2) is 24.3 Å². The van der Waals surface area contributed by atoms with Gasteiger partial charge in [0.1, 0.15) is 5.75 Å². The first-order valence-electron chi connectivity index (χ1n) is 4.19. The van der Waals surface area contributed by atoms with Gasteiger partial charge in [-0.3, -0.25) is 14.9 Å². The standard InChI is InChI=1S/C9H9NO4S/c11-9(5-6-15)14-8-3-1-7(2-4-8)10(12)13/h1-4,15H,5-6H2. The van der Waals surface area contributed by atoms with Gasteiger partial charge in [0.25, 0.3) is 5.69 Å². The lowest BCUT2D eigenvalue weighted by Crippen LogP contribution is -2.07. The van der Waals surface area contributed by atoms with Crippen LogP contribution < -0.4 is 4.74 Å². The average molecular weight is 227 g/mol. The fourth-order valence-corrected chi connectivity index (χ4v) is 1.09. The van der Waals surface area contributed by atoms with Gasteiger partial charge in [0.15, 0.2) is 0 Å². The highest BCUT2D eigenvalue weighted by Crippen LogP contribution is 2.17. The van der Waals surface area contributed by atoms with Crippen LogP contribution in [0.1, 0.15) is 6.42 Å². The van der Waals surface area contributed by atoms with E-state index in [4.69, 9.17) is 4.74 Å². The number of nitrogens with zero attached hydrogens (tertiary/aromatic N) is 1. The summed E-state index contributed by atoms with van der Waals surface area (Å²) in [6.07, 6.45) is 0.208. The first kappa shape index (κ1) is 11.5. The van der Waals surface area contributed by atoms with Gasteiger partial charge in [-0.2, -0.15) is 12.6 Å². The van der Waals surface area contributed by atoms with E-state index in [0.29, 0.717) is 11.5 Å². The topological polar surface area (TPSA) is 69.4 Å². The van der Waals surface area contributed by atoms with Crippen LogP contribution >= 0.6 is 12.6 Å². The number of carbonyl (C=O) groups is 1. The Bertz CT molecular complexity index is 363. The summed E-state index contributed by atoms with van der Waals surface area (Å²) in [5.74, 6) is 0.303. The molecule has 0 aromatic heterocycles. The molecule has 0 saturated carbocycles. The Balaban J connectivity index is 2.64. The summed E-state index contributed by atoms with van der Waals surface area (Å²) in [7, 11) is 0. The van der Waals surface area contributed by atoms with Crippen LogP contribution in [0.25, 0.3) is 0 Å². The van der Waals surface area contributed by atoms with Crippen LogP contribution in [0.5, 0.6) is 5.75 Å². The van der Waals surface area contributed by atoms with Crippen molar-refractivity contribution in [1.29, 1.82) is 0 Å². The molecular weight excluding hydrogens is 218 g/mol. The molecule has 0 aliphatic heterocycles. The molecule has 6 heteroatoms. The molecule has 5 nitrogen and oxygen atoms in total. The van der Waals surface area contributed by atoms with Crippen molar-refractivity contribution in [3.8, 4) is 5.75 Å². The maximum Gasteiger partial charge on any atom is 0.312 e. The van der Waals surface area contributed by atoms with Gasteiger partial charge in [0, 0.05) is 17.9 Å². The number of thiol groups is 1. The van der Waals surface area contributed by atoms with E-state index in [1.165, 1.54) is 24.3 Å². The van der Waals surface area contributed by atoms with Crippen molar-refractivity contribution in [1.82, 2.24) is 0 Å². The molecule has 0 N–H and O–H groups in total. The third kappa shape index (κ3) is 3.59. The second-order valence-corrected chi connectivity index (χ2v) is 3.15. The number of hydrogen-bond donors (Lipinski definition) is 1. The van der Waals surface area contributed by atoms with E-state index in [2.05, 4.69) is 12.6 Å². The Hall–Kier alpha value is -1.56. The number of non-ortho nitro benzene ring substituents is 1. The number of hydrogen-bond acceptors (Lipinski definition) is 5. The predicted molar refractivity (Wildman–Crippen MR) is 57.2 cm³/mol. The van der Waals surface area contributed by atoms with Gasteiger partial charge in [0.2, 0.25) is 0 Å². The molecule has 0 fully saturated rings. The molecule has 0 unspecified atom stereocenters. The summed E-state index contributed by atoms with van der Waals surface area (Å²) < 4.78 is 4.88. The average Bonchev–Trinajstić information content (AvgIpc) is 2.18. The van der Waals surface area contributed by atoms with E-state index in [9.17, 15) is 14.9 Å². The number of rotatable bonds is 4. The quantitative estimate of drug-likeness (QED) is 0.280. The van der Waals surface area contributed by atoms with Crippen LogP contribution in [0.3, 0.4) is 0 Å². The highest BCUT2D eigenvalue weighted by molar-refractivity contribution is 7.80. The predicted octanol–water partition coefficient (Wildman–Crippen LogP) is 1.82. The molecule has 1 aromatic rings. The molecule has 15 heavy (non-hydrogen) atoms. The second-order valence-electron chi connectivity index (χ2n) is 2.70. The van der Waals surface area contributed by atoms with Crippen LogP contribution in [-0.2, 0) is 4.79 Å². The molecule has 0 saturated heterocycles. The Morgan fingerprint density at radius 1 is 1.40 bits per heavy atom. The van der Waals surface area contributed by atoms with Gasteiger partial charge in [0.05, 0.1) is 11.3 Å². The largest absolute Gasteiger partial charge is 0.427 e. The minimum absolute atomic E-state index is 0.0380. The summed E-state index contributed by atoms with van der Waals surface area (Å²) in [6, 6.07) is 5.33. The highest BCUT2D eigenvalue weighted by Gasteiger charge is 2.07. The Morgan fingerprint density at radius 2 is 2.00 bits per heavy atom. The molecule has 0 atom stereocenters. The van der Waals surface area contributed by atoms with Gasteiger partial charge >= 0.3 is 5.97 Å². The molecule has 1 rings (SSSR count). The van der Waals surface area contributed by atoms with Crippen LogP contribution in [-0.4, -0.2) is 16.6 Å². The van der Waals surface area contributed by atoms with Gasteiger partial charge < -0.3 is 4.74 Å². The Morgan fingerprint density at radius 3 is 2.47 bits per heavy atom. The number of esters is 1. The van der Waals surface area contributed by atoms with Gasteiger partial charge in [-0.15, -0.1) is 0 Å². The summed E-state index contributed by atoms with van der Waals surface area (Å²) >= 11 is 3.88. The van der Waals surface area contributed by atoms with E-state index >= 15 is 0 Å². The van der Waals surface area contributed by atoms with Gasteiger partial charge in [-0.25, -0.2) is 0 Å². The third-order valence-electron chi connectivity index (χ3n) is 1.60. The number of benzene rings is 1. The van der Waals surface area contributed by atoms with E-state index in [-0.39, 0.29) is 12.1 Å². The lowest BCUT2D eigenvalue weighted by molar-refractivity contribution is -0.384.